The summed E-state index contributed by atoms with van der Waals surface area (Å²) in [5.41, 5.74) is 0.253. The highest BCUT2D eigenvalue weighted by Gasteiger charge is 2.31. The van der Waals surface area contributed by atoms with Crippen LogP contribution in [0, 0.1) is 23.0 Å². The standard InChI is InChI=1S/C19H22N2O5S/c1-15-12-18(9-10-19(15)21(22)23)27(24,25)20-11-5-6-16(13-20)14-26-17-7-3-2-4-8-17/h2-4,7-10,12,16H,5-6,11,13-14H2,1H3. The largest absolute Gasteiger partial charge is 0.493 e. The smallest absolute Gasteiger partial charge is 0.272 e. The predicted octanol–water partition coefficient (Wildman–Crippen LogP) is 3.38. The van der Waals surface area contributed by atoms with Crippen LogP contribution in [0.4, 0.5) is 5.69 Å². The van der Waals surface area contributed by atoms with Crippen molar-refractivity contribution in [3.8, 4) is 5.75 Å². The Morgan fingerprint density at radius 1 is 1.22 bits per heavy atom. The van der Waals surface area contributed by atoms with Gasteiger partial charge in [0.1, 0.15) is 5.75 Å². The molecule has 0 amide bonds. The van der Waals surface area contributed by atoms with Crippen LogP contribution in [0.15, 0.2) is 53.4 Å². The molecule has 3 rings (SSSR count). The van der Waals surface area contributed by atoms with Crippen molar-refractivity contribution in [2.45, 2.75) is 24.7 Å². The summed E-state index contributed by atoms with van der Waals surface area (Å²) in [4.78, 5) is 10.5. The highest BCUT2D eigenvalue weighted by atomic mass is 32.2. The Bertz CT molecular complexity index is 915. The van der Waals surface area contributed by atoms with Gasteiger partial charge < -0.3 is 4.74 Å². The summed E-state index contributed by atoms with van der Waals surface area (Å²) in [6, 6.07) is 13.4. The fraction of sp³-hybridized carbons (Fsp3) is 0.368. The number of benzene rings is 2. The third-order valence-electron chi connectivity index (χ3n) is 4.71. The van der Waals surface area contributed by atoms with E-state index in [4.69, 9.17) is 4.74 Å². The fourth-order valence-electron chi connectivity index (χ4n) is 3.25. The van der Waals surface area contributed by atoms with E-state index in [1.165, 1.54) is 22.5 Å². The molecular formula is C19H22N2O5S. The second-order valence-electron chi connectivity index (χ2n) is 6.70. The first-order valence-electron chi connectivity index (χ1n) is 8.81. The molecule has 0 radical (unpaired) electrons. The lowest BCUT2D eigenvalue weighted by atomic mass is 10.0. The molecule has 1 saturated heterocycles. The third-order valence-corrected chi connectivity index (χ3v) is 6.57. The Morgan fingerprint density at radius 3 is 2.63 bits per heavy atom. The maximum Gasteiger partial charge on any atom is 0.272 e. The van der Waals surface area contributed by atoms with E-state index in [2.05, 4.69) is 0 Å². The summed E-state index contributed by atoms with van der Waals surface area (Å²) in [5.74, 6) is 0.872. The molecule has 0 saturated carbocycles. The Labute approximate surface area is 158 Å². The van der Waals surface area contributed by atoms with Gasteiger partial charge in [-0.1, -0.05) is 18.2 Å². The topological polar surface area (TPSA) is 89.8 Å². The molecule has 2 aromatic carbocycles. The van der Waals surface area contributed by atoms with E-state index < -0.39 is 14.9 Å². The summed E-state index contributed by atoms with van der Waals surface area (Å²) in [7, 11) is -3.69. The van der Waals surface area contributed by atoms with Gasteiger partial charge in [-0.3, -0.25) is 10.1 Å². The quantitative estimate of drug-likeness (QED) is 0.557. The molecule has 27 heavy (non-hydrogen) atoms. The van der Waals surface area contributed by atoms with Gasteiger partial charge in [0, 0.05) is 30.6 Å². The molecule has 1 aliphatic rings. The lowest BCUT2D eigenvalue weighted by Crippen LogP contribution is -2.41. The molecule has 2 aromatic rings. The maximum atomic E-state index is 13.0. The Kier molecular flexibility index (Phi) is 5.76. The first-order valence-corrected chi connectivity index (χ1v) is 10.2. The maximum absolute atomic E-state index is 13.0. The van der Waals surface area contributed by atoms with Crippen molar-refractivity contribution in [3.63, 3.8) is 0 Å². The zero-order valence-electron chi connectivity index (χ0n) is 15.1. The number of sulfonamides is 1. The molecule has 0 aliphatic carbocycles. The molecule has 1 fully saturated rings. The molecule has 0 bridgehead atoms. The van der Waals surface area contributed by atoms with Gasteiger partial charge in [-0.15, -0.1) is 0 Å². The van der Waals surface area contributed by atoms with Gasteiger partial charge in [-0.2, -0.15) is 4.31 Å². The molecular weight excluding hydrogens is 368 g/mol. The van der Waals surface area contributed by atoms with Crippen molar-refractivity contribution in [2.75, 3.05) is 19.7 Å². The van der Waals surface area contributed by atoms with E-state index in [1.54, 1.807) is 6.92 Å². The van der Waals surface area contributed by atoms with Gasteiger partial charge in [-0.25, -0.2) is 8.42 Å². The van der Waals surface area contributed by atoms with Crippen LogP contribution in [0.25, 0.3) is 0 Å². The van der Waals surface area contributed by atoms with Crippen LogP contribution in [0.5, 0.6) is 5.75 Å². The van der Waals surface area contributed by atoms with Gasteiger partial charge >= 0.3 is 0 Å². The van der Waals surface area contributed by atoms with Gasteiger partial charge in [-0.05, 0) is 44.0 Å². The number of nitro groups is 1. The second-order valence-corrected chi connectivity index (χ2v) is 8.64. The van der Waals surface area contributed by atoms with Crippen LogP contribution in [-0.2, 0) is 10.0 Å². The average molecular weight is 390 g/mol. The third kappa shape index (κ3) is 4.45. The van der Waals surface area contributed by atoms with Crippen molar-refractivity contribution >= 4 is 15.7 Å². The minimum Gasteiger partial charge on any atom is -0.493 e. The van der Waals surface area contributed by atoms with E-state index >= 15 is 0 Å². The molecule has 1 aliphatic heterocycles. The predicted molar refractivity (Wildman–Crippen MR) is 101 cm³/mol. The van der Waals surface area contributed by atoms with E-state index in [0.717, 1.165) is 18.6 Å². The number of aryl methyl sites for hydroxylation is 1. The monoisotopic (exact) mass is 390 g/mol. The lowest BCUT2D eigenvalue weighted by Gasteiger charge is -2.31. The molecule has 1 unspecified atom stereocenters. The number of nitrogens with zero attached hydrogens (tertiary/aromatic N) is 2. The minimum absolute atomic E-state index is 0.0817. The van der Waals surface area contributed by atoms with Crippen molar-refractivity contribution in [3.05, 3.63) is 64.2 Å². The first kappa shape index (κ1) is 19.3. The van der Waals surface area contributed by atoms with Gasteiger partial charge in [0.2, 0.25) is 10.0 Å². The number of para-hydroxylation sites is 1. The van der Waals surface area contributed by atoms with Crippen LogP contribution in [0.2, 0.25) is 0 Å². The van der Waals surface area contributed by atoms with Crippen LogP contribution >= 0.6 is 0 Å². The number of piperidine rings is 1. The van der Waals surface area contributed by atoms with Crippen molar-refractivity contribution in [1.29, 1.82) is 0 Å². The Hall–Kier alpha value is -2.45. The summed E-state index contributed by atoms with van der Waals surface area (Å²) in [5, 5.41) is 10.9. The molecule has 0 aromatic heterocycles. The molecule has 1 atom stereocenters. The number of ether oxygens (including phenoxy) is 1. The van der Waals surface area contributed by atoms with Crippen LogP contribution in [0.1, 0.15) is 18.4 Å². The van der Waals surface area contributed by atoms with Crippen LogP contribution < -0.4 is 4.74 Å². The highest BCUT2D eigenvalue weighted by molar-refractivity contribution is 7.89. The van der Waals surface area contributed by atoms with E-state index in [-0.39, 0.29) is 16.5 Å². The minimum atomic E-state index is -3.69. The van der Waals surface area contributed by atoms with Crippen molar-refractivity contribution in [2.24, 2.45) is 5.92 Å². The molecule has 144 valence electrons. The number of nitro benzene ring substituents is 1. The van der Waals surface area contributed by atoms with E-state index in [1.807, 2.05) is 30.3 Å². The van der Waals surface area contributed by atoms with Gasteiger partial charge in [0.15, 0.2) is 0 Å². The second kappa shape index (κ2) is 8.06. The van der Waals surface area contributed by atoms with Crippen molar-refractivity contribution < 1.29 is 18.1 Å². The summed E-state index contributed by atoms with van der Waals surface area (Å²) < 4.78 is 33.1. The molecule has 0 spiro atoms. The fourth-order valence-corrected chi connectivity index (χ4v) is 4.89. The summed E-state index contributed by atoms with van der Waals surface area (Å²) in [6.07, 6.45) is 1.66. The number of hydrogen-bond donors (Lipinski definition) is 0. The van der Waals surface area contributed by atoms with E-state index in [0.29, 0.717) is 25.3 Å². The molecule has 7 nitrogen and oxygen atoms in total. The van der Waals surface area contributed by atoms with Gasteiger partial charge in [0.25, 0.3) is 5.69 Å². The SMILES string of the molecule is Cc1cc(S(=O)(=O)N2CCCC(COc3ccccc3)C2)ccc1[N+](=O)[O-]. The average Bonchev–Trinajstić information content (AvgIpc) is 2.67. The Morgan fingerprint density at radius 2 is 1.96 bits per heavy atom. The lowest BCUT2D eigenvalue weighted by molar-refractivity contribution is -0.385. The molecule has 1 heterocycles. The summed E-state index contributed by atoms with van der Waals surface area (Å²) >= 11 is 0. The Balaban J connectivity index is 1.71. The van der Waals surface area contributed by atoms with E-state index in [9.17, 15) is 18.5 Å². The van der Waals surface area contributed by atoms with Crippen LogP contribution in [0.3, 0.4) is 0 Å². The summed E-state index contributed by atoms with van der Waals surface area (Å²) in [6.45, 7) is 2.82. The van der Waals surface area contributed by atoms with Crippen molar-refractivity contribution in [1.82, 2.24) is 4.31 Å². The highest BCUT2D eigenvalue weighted by Crippen LogP contribution is 2.27. The molecule has 8 heteroatoms. The number of rotatable bonds is 6. The van der Waals surface area contributed by atoms with Gasteiger partial charge in [0.05, 0.1) is 16.4 Å². The zero-order valence-corrected chi connectivity index (χ0v) is 15.9. The normalized spacial score (nSPS) is 18.2. The molecule has 0 N–H and O–H groups in total. The van der Waals surface area contributed by atoms with Crippen LogP contribution in [-0.4, -0.2) is 37.3 Å². The number of hydrogen-bond acceptors (Lipinski definition) is 5. The first-order chi connectivity index (χ1) is 12.9. The zero-order chi connectivity index (χ0) is 19.4.